The summed E-state index contributed by atoms with van der Waals surface area (Å²) in [7, 11) is 0. The third-order valence-corrected chi connectivity index (χ3v) is 7.45. The molecule has 4 atom stereocenters. The van der Waals surface area contributed by atoms with Crippen LogP contribution in [0.2, 0.25) is 0 Å². The molecule has 0 spiro atoms. The average molecular weight is 472 g/mol. The molecule has 0 saturated carbocycles. The summed E-state index contributed by atoms with van der Waals surface area (Å²) in [6.07, 6.45) is 0.568. The quantitative estimate of drug-likeness (QED) is 0.575. The van der Waals surface area contributed by atoms with E-state index in [9.17, 15) is 4.79 Å². The maximum Gasteiger partial charge on any atom is 0.248 e. The van der Waals surface area contributed by atoms with Gasteiger partial charge in [-0.15, -0.1) is 0 Å². The van der Waals surface area contributed by atoms with Crippen LogP contribution in [0.25, 0.3) is 0 Å². The molecule has 0 radical (unpaired) electrons. The summed E-state index contributed by atoms with van der Waals surface area (Å²) in [6.45, 7) is 10.4. The molecule has 0 aliphatic carbocycles. The number of nitrogens with zero attached hydrogens (tertiary/aromatic N) is 2. The first-order chi connectivity index (χ1) is 13.7. The van der Waals surface area contributed by atoms with Crippen LogP contribution in [0.15, 0.2) is 30.3 Å². The van der Waals surface area contributed by atoms with Crippen molar-refractivity contribution in [3.63, 3.8) is 0 Å². The SMILES string of the molecule is CC1NC(C)N(CCN2C(=S)SC(C)NC2C)C(=S)S1.NC(=O)c1ccccc1. The number of nitrogens with one attached hydrogen (secondary N) is 2. The van der Waals surface area contributed by atoms with Crippen LogP contribution in [0.4, 0.5) is 0 Å². The fourth-order valence-corrected chi connectivity index (χ4v) is 6.34. The Balaban J connectivity index is 0.000000278. The highest BCUT2D eigenvalue weighted by Gasteiger charge is 2.30. The second-order valence-corrected chi connectivity index (χ2v) is 10.8. The maximum absolute atomic E-state index is 10.4. The van der Waals surface area contributed by atoms with Crippen molar-refractivity contribution < 1.29 is 4.79 Å². The van der Waals surface area contributed by atoms with Gasteiger partial charge in [0.25, 0.3) is 0 Å². The van der Waals surface area contributed by atoms with Gasteiger partial charge < -0.3 is 15.5 Å². The number of primary amides is 1. The molecular weight excluding hydrogens is 443 g/mol. The fraction of sp³-hybridized carbons (Fsp3) is 0.526. The van der Waals surface area contributed by atoms with E-state index in [1.165, 1.54) is 0 Å². The molecule has 6 nitrogen and oxygen atoms in total. The zero-order valence-corrected chi connectivity index (χ0v) is 20.4. The van der Waals surface area contributed by atoms with Gasteiger partial charge in [-0.25, -0.2) is 0 Å². The van der Waals surface area contributed by atoms with Gasteiger partial charge >= 0.3 is 0 Å². The lowest BCUT2D eigenvalue weighted by atomic mass is 10.2. The smallest absolute Gasteiger partial charge is 0.248 e. The Hall–Kier alpha value is -0.910. The average Bonchev–Trinajstić information content (AvgIpc) is 2.63. The summed E-state index contributed by atoms with van der Waals surface area (Å²) in [4.78, 5) is 14.9. The number of thiocarbonyl (C=S) groups is 2. The van der Waals surface area contributed by atoms with E-state index in [4.69, 9.17) is 30.2 Å². The zero-order valence-electron chi connectivity index (χ0n) is 17.1. The van der Waals surface area contributed by atoms with Gasteiger partial charge in [0.2, 0.25) is 5.91 Å². The largest absolute Gasteiger partial charge is 0.366 e. The van der Waals surface area contributed by atoms with Gasteiger partial charge in [-0.2, -0.15) is 0 Å². The molecule has 2 aliphatic heterocycles. The number of hydrogen-bond donors (Lipinski definition) is 3. The predicted molar refractivity (Wildman–Crippen MR) is 133 cm³/mol. The lowest BCUT2D eigenvalue weighted by molar-refractivity contribution is 0.100. The van der Waals surface area contributed by atoms with Crippen molar-refractivity contribution in [1.29, 1.82) is 0 Å². The van der Waals surface area contributed by atoms with E-state index in [1.807, 2.05) is 6.07 Å². The van der Waals surface area contributed by atoms with Crippen LogP contribution in [0, 0.1) is 0 Å². The third-order valence-electron chi connectivity index (χ3n) is 4.55. The van der Waals surface area contributed by atoms with E-state index >= 15 is 0 Å². The van der Waals surface area contributed by atoms with E-state index in [0.717, 1.165) is 21.7 Å². The molecule has 29 heavy (non-hydrogen) atoms. The van der Waals surface area contributed by atoms with Crippen LogP contribution in [0.3, 0.4) is 0 Å². The molecule has 2 aliphatic rings. The number of nitrogens with two attached hydrogens (primary N) is 1. The minimum atomic E-state index is -0.379. The van der Waals surface area contributed by atoms with Crippen molar-refractivity contribution in [3.05, 3.63) is 35.9 Å². The highest BCUT2D eigenvalue weighted by atomic mass is 32.2. The van der Waals surface area contributed by atoms with E-state index in [-0.39, 0.29) is 18.2 Å². The highest BCUT2D eigenvalue weighted by molar-refractivity contribution is 8.23. The molecule has 2 heterocycles. The molecule has 1 aromatic carbocycles. The Bertz CT molecular complexity index is 684. The first-order valence-electron chi connectivity index (χ1n) is 9.50. The minimum absolute atomic E-state index is 0.284. The second kappa shape index (κ2) is 11.5. The van der Waals surface area contributed by atoms with Crippen LogP contribution >= 0.6 is 48.0 Å². The lowest BCUT2D eigenvalue weighted by Gasteiger charge is -2.43. The summed E-state index contributed by atoms with van der Waals surface area (Å²) in [5, 5.41) is 7.79. The summed E-state index contributed by atoms with van der Waals surface area (Å²) >= 11 is 14.4. The van der Waals surface area contributed by atoms with Crippen LogP contribution < -0.4 is 16.4 Å². The number of hydrogen-bond acceptors (Lipinski definition) is 7. The van der Waals surface area contributed by atoms with Crippen molar-refractivity contribution in [3.8, 4) is 0 Å². The molecule has 160 valence electrons. The van der Waals surface area contributed by atoms with E-state index in [1.54, 1.807) is 47.8 Å². The van der Waals surface area contributed by atoms with Crippen molar-refractivity contribution in [2.45, 2.75) is 50.8 Å². The Morgan fingerprint density at radius 2 is 1.34 bits per heavy atom. The van der Waals surface area contributed by atoms with Crippen LogP contribution in [-0.2, 0) is 0 Å². The molecule has 2 fully saturated rings. The van der Waals surface area contributed by atoms with Crippen molar-refractivity contribution in [1.82, 2.24) is 20.4 Å². The number of carbonyl (C=O) groups is 1. The molecule has 1 aromatic rings. The number of rotatable bonds is 4. The molecule has 4 N–H and O–H groups in total. The Labute approximate surface area is 192 Å². The Morgan fingerprint density at radius 3 is 1.66 bits per heavy atom. The Kier molecular flexibility index (Phi) is 9.64. The van der Waals surface area contributed by atoms with Crippen LogP contribution in [0.5, 0.6) is 0 Å². The minimum Gasteiger partial charge on any atom is -0.366 e. The molecule has 2 saturated heterocycles. The molecule has 0 bridgehead atoms. The van der Waals surface area contributed by atoms with Gasteiger partial charge in [-0.1, -0.05) is 66.2 Å². The highest BCUT2D eigenvalue weighted by Crippen LogP contribution is 2.24. The van der Waals surface area contributed by atoms with Crippen molar-refractivity contribution in [2.75, 3.05) is 13.1 Å². The molecule has 4 unspecified atom stereocenters. The fourth-order valence-electron chi connectivity index (χ4n) is 3.07. The molecular formula is C19H29N5OS4. The molecule has 1 amide bonds. The predicted octanol–water partition coefficient (Wildman–Crippen LogP) is 3.00. The third kappa shape index (κ3) is 7.37. The maximum atomic E-state index is 10.4. The first kappa shape index (κ1) is 24.4. The van der Waals surface area contributed by atoms with Gasteiger partial charge in [0.15, 0.2) is 0 Å². The van der Waals surface area contributed by atoms with Crippen LogP contribution in [-0.4, -0.2) is 60.5 Å². The molecule has 10 heteroatoms. The topological polar surface area (TPSA) is 73.6 Å². The van der Waals surface area contributed by atoms with E-state index < -0.39 is 0 Å². The van der Waals surface area contributed by atoms with E-state index in [0.29, 0.717) is 16.3 Å². The van der Waals surface area contributed by atoms with Gasteiger partial charge in [0, 0.05) is 18.7 Å². The monoisotopic (exact) mass is 471 g/mol. The van der Waals surface area contributed by atoms with Crippen molar-refractivity contribution >= 4 is 62.5 Å². The lowest BCUT2D eigenvalue weighted by Crippen LogP contribution is -2.58. The molecule has 3 rings (SSSR count). The Morgan fingerprint density at radius 1 is 0.931 bits per heavy atom. The number of carbonyl (C=O) groups excluding carboxylic acids is 1. The number of amides is 1. The van der Waals surface area contributed by atoms with Crippen LogP contribution in [0.1, 0.15) is 38.1 Å². The van der Waals surface area contributed by atoms with E-state index in [2.05, 4.69) is 48.1 Å². The van der Waals surface area contributed by atoms with Gasteiger partial charge in [-0.3, -0.25) is 15.4 Å². The standard InChI is InChI=1S/C12H22N4S4.C7H7NO/c1-7-13-9(3)19-11(17)15(7)5-6-16-8(2)14-10(4)20-12(16)18;8-7(9)6-4-2-1-3-5-6/h7-10,13-14H,5-6H2,1-4H3;1-5H,(H2,8,9). The van der Waals surface area contributed by atoms with Gasteiger partial charge in [-0.05, 0) is 39.8 Å². The summed E-state index contributed by atoms with van der Waals surface area (Å²) in [6, 6.07) is 8.76. The normalized spacial score (nSPS) is 27.3. The summed E-state index contributed by atoms with van der Waals surface area (Å²) < 4.78 is 1.96. The van der Waals surface area contributed by atoms with Gasteiger partial charge in [0.05, 0.1) is 23.1 Å². The number of thioether (sulfide) groups is 2. The second-order valence-electron chi connectivity index (χ2n) is 6.85. The summed E-state index contributed by atoms with van der Waals surface area (Å²) in [5.74, 6) is -0.379. The first-order valence-corrected chi connectivity index (χ1v) is 12.1. The number of benzene rings is 1. The molecule has 0 aromatic heterocycles. The van der Waals surface area contributed by atoms with Gasteiger partial charge in [0.1, 0.15) is 8.64 Å². The van der Waals surface area contributed by atoms with Crippen molar-refractivity contribution in [2.24, 2.45) is 5.73 Å². The summed E-state index contributed by atoms with van der Waals surface area (Å²) in [5.41, 5.74) is 5.53. The zero-order chi connectivity index (χ0) is 21.6.